The van der Waals surface area contributed by atoms with Crippen LogP contribution in [0.5, 0.6) is 0 Å². The zero-order chi connectivity index (χ0) is 41.3. The molecule has 2 unspecified atom stereocenters. The van der Waals surface area contributed by atoms with E-state index in [0.29, 0.717) is 24.1 Å². The Kier molecular flexibility index (Phi) is 40.9. The minimum Gasteiger partial charge on any atom is -0.457 e. The Labute approximate surface area is 348 Å². The summed E-state index contributed by atoms with van der Waals surface area (Å²) in [6.07, 6.45) is 44.5. The first kappa shape index (κ1) is 55.5. The summed E-state index contributed by atoms with van der Waals surface area (Å²) in [5.74, 6) is -0.311. The Morgan fingerprint density at radius 2 is 0.821 bits per heavy atom. The van der Waals surface area contributed by atoms with E-state index in [4.69, 9.17) is 18.5 Å². The van der Waals surface area contributed by atoms with Crippen LogP contribution in [0, 0.1) is 0 Å². The van der Waals surface area contributed by atoms with Crippen LogP contribution in [0.4, 0.5) is 0 Å². The normalized spacial score (nSPS) is 13.6. The first-order valence-corrected chi connectivity index (χ1v) is 25.8. The second-order valence-corrected chi connectivity index (χ2v) is 19.3. The Bertz CT molecular complexity index is 868. The third-order valence-corrected chi connectivity index (χ3v) is 11.9. The van der Waals surface area contributed by atoms with Crippen LogP contribution in [0.25, 0.3) is 0 Å². The number of rotatable bonds is 46. The zero-order valence-electron chi connectivity index (χ0n) is 38.2. The smallest absolute Gasteiger partial charge is 0.457 e. The molecule has 0 spiro atoms. The maximum Gasteiger partial charge on any atom is 0.472 e. The van der Waals surface area contributed by atoms with Gasteiger partial charge < -0.3 is 18.9 Å². The molecule has 0 heterocycles. The molecule has 0 saturated carbocycles. The lowest BCUT2D eigenvalue weighted by Gasteiger charge is -2.24. The molecule has 8 nitrogen and oxygen atoms in total. The van der Waals surface area contributed by atoms with Crippen molar-refractivity contribution in [2.75, 3.05) is 54.1 Å². The molecule has 0 saturated heterocycles. The van der Waals surface area contributed by atoms with Gasteiger partial charge in [-0.1, -0.05) is 219 Å². The monoisotopic (exact) mass is 819 g/mol. The number of nitrogens with zero attached hydrogens (tertiary/aromatic N) is 1. The molecule has 0 rings (SSSR count). The summed E-state index contributed by atoms with van der Waals surface area (Å²) in [5.41, 5.74) is 0. The van der Waals surface area contributed by atoms with E-state index in [-0.39, 0.29) is 25.8 Å². The van der Waals surface area contributed by atoms with E-state index in [2.05, 4.69) is 13.8 Å². The van der Waals surface area contributed by atoms with Gasteiger partial charge in [-0.2, -0.15) is 0 Å². The van der Waals surface area contributed by atoms with Crippen LogP contribution >= 0.6 is 7.82 Å². The number of phosphoric acid groups is 1. The zero-order valence-corrected chi connectivity index (χ0v) is 39.0. The van der Waals surface area contributed by atoms with Gasteiger partial charge in [-0.05, 0) is 12.8 Å². The standard InChI is InChI=1S/C47H96NO7P/c1-6-8-10-12-14-16-17-18-19-20-21-22-23-24-25-26-27-28-29-30-31-33-35-37-39-42-52-44-46(45-54-56(50,51)53-43-41-48(3,4)5)55-47(49)40-38-36-34-32-15-13-11-9-7-2/h46H,6-45H2,1-5H3/p+1. The fraction of sp³-hybridized carbons (Fsp3) is 0.979. The lowest BCUT2D eigenvalue weighted by molar-refractivity contribution is -0.870. The molecule has 0 aliphatic heterocycles. The summed E-state index contributed by atoms with van der Waals surface area (Å²) in [4.78, 5) is 22.8. The van der Waals surface area contributed by atoms with Gasteiger partial charge in [0.05, 0.1) is 34.4 Å². The highest BCUT2D eigenvalue weighted by Gasteiger charge is 2.26. The molecule has 1 N–H and O–H groups in total. The summed E-state index contributed by atoms with van der Waals surface area (Å²) in [6, 6.07) is 0. The second-order valence-electron chi connectivity index (χ2n) is 17.9. The fourth-order valence-corrected chi connectivity index (χ4v) is 7.89. The van der Waals surface area contributed by atoms with E-state index in [1.54, 1.807) is 0 Å². The lowest BCUT2D eigenvalue weighted by atomic mass is 10.0. The van der Waals surface area contributed by atoms with Crippen molar-refractivity contribution < 1.29 is 37.3 Å². The molecule has 0 aromatic heterocycles. The summed E-state index contributed by atoms with van der Waals surface area (Å²) in [7, 11) is 1.69. The van der Waals surface area contributed by atoms with Gasteiger partial charge in [-0.25, -0.2) is 4.57 Å². The number of carbonyl (C=O) groups excluding carboxylic acids is 1. The molecule has 0 aromatic rings. The van der Waals surface area contributed by atoms with Gasteiger partial charge in [0.25, 0.3) is 0 Å². The molecule has 0 amide bonds. The minimum atomic E-state index is -4.26. The minimum absolute atomic E-state index is 0.0937. The lowest BCUT2D eigenvalue weighted by Crippen LogP contribution is -2.37. The molecule has 2 atom stereocenters. The van der Waals surface area contributed by atoms with Crippen LogP contribution in [0.1, 0.15) is 239 Å². The number of ether oxygens (including phenoxy) is 2. The van der Waals surface area contributed by atoms with Crippen molar-refractivity contribution >= 4 is 13.8 Å². The topological polar surface area (TPSA) is 91.3 Å². The highest BCUT2D eigenvalue weighted by atomic mass is 31.2. The van der Waals surface area contributed by atoms with Gasteiger partial charge in [-0.15, -0.1) is 0 Å². The molecule has 9 heteroatoms. The number of unbranched alkanes of at least 4 members (excludes halogenated alkanes) is 32. The highest BCUT2D eigenvalue weighted by molar-refractivity contribution is 7.47. The predicted octanol–water partition coefficient (Wildman–Crippen LogP) is 14.4. The van der Waals surface area contributed by atoms with Crippen molar-refractivity contribution in [2.45, 2.75) is 245 Å². The molecule has 56 heavy (non-hydrogen) atoms. The van der Waals surface area contributed by atoms with E-state index >= 15 is 0 Å². The van der Waals surface area contributed by atoms with Gasteiger partial charge >= 0.3 is 13.8 Å². The summed E-state index contributed by atoms with van der Waals surface area (Å²) < 4.78 is 35.0. The number of carbonyl (C=O) groups is 1. The van der Waals surface area contributed by atoms with Gasteiger partial charge in [0, 0.05) is 13.0 Å². The third-order valence-electron chi connectivity index (χ3n) is 10.9. The summed E-state index contributed by atoms with van der Waals surface area (Å²) in [6.45, 7) is 5.66. The molecule has 0 aromatic carbocycles. The Hall–Kier alpha value is -0.500. The van der Waals surface area contributed by atoms with Crippen molar-refractivity contribution in [2.24, 2.45) is 0 Å². The number of hydrogen-bond acceptors (Lipinski definition) is 6. The maximum atomic E-state index is 12.6. The maximum absolute atomic E-state index is 12.6. The first-order valence-electron chi connectivity index (χ1n) is 24.3. The van der Waals surface area contributed by atoms with Gasteiger partial charge in [0.15, 0.2) is 0 Å². The average Bonchev–Trinajstić information content (AvgIpc) is 3.15. The second kappa shape index (κ2) is 41.2. The van der Waals surface area contributed by atoms with E-state index in [1.165, 1.54) is 186 Å². The SMILES string of the molecule is CCCCCCCCCCCCCCCCCCCCCCCCCCCOCC(COP(=O)(O)OCC[N+](C)(C)C)OC(=O)CCCCCCCCCCC. The highest BCUT2D eigenvalue weighted by Crippen LogP contribution is 2.43. The van der Waals surface area contributed by atoms with Crippen molar-refractivity contribution in [3.05, 3.63) is 0 Å². The number of likely N-dealkylation sites (N-methyl/N-ethyl adjacent to an activating group) is 1. The quantitative estimate of drug-likeness (QED) is 0.0283. The number of hydrogen-bond donors (Lipinski definition) is 1. The number of quaternary nitrogens is 1. The molecule has 0 aliphatic carbocycles. The van der Waals surface area contributed by atoms with Crippen molar-refractivity contribution in [1.29, 1.82) is 0 Å². The van der Waals surface area contributed by atoms with Crippen LogP contribution in [0.15, 0.2) is 0 Å². The van der Waals surface area contributed by atoms with Crippen LogP contribution in [-0.2, 0) is 27.9 Å². The molecule has 0 aliphatic rings. The van der Waals surface area contributed by atoms with Crippen LogP contribution in [0.2, 0.25) is 0 Å². The number of esters is 1. The van der Waals surface area contributed by atoms with Gasteiger partial charge in [0.2, 0.25) is 0 Å². The fourth-order valence-electron chi connectivity index (χ4n) is 7.14. The largest absolute Gasteiger partial charge is 0.472 e. The third kappa shape index (κ3) is 44.6. The molecule has 0 bridgehead atoms. The van der Waals surface area contributed by atoms with E-state index < -0.39 is 13.9 Å². The average molecular weight is 819 g/mol. The molecule has 0 fully saturated rings. The molecule has 336 valence electrons. The van der Waals surface area contributed by atoms with E-state index in [0.717, 1.165) is 32.1 Å². The summed E-state index contributed by atoms with van der Waals surface area (Å²) >= 11 is 0. The van der Waals surface area contributed by atoms with Crippen LogP contribution in [-0.4, -0.2) is 75.6 Å². The van der Waals surface area contributed by atoms with Gasteiger partial charge in [-0.3, -0.25) is 13.8 Å². The molecule has 0 radical (unpaired) electrons. The predicted molar refractivity (Wildman–Crippen MR) is 238 cm³/mol. The number of phosphoric ester groups is 1. The first-order chi connectivity index (χ1) is 27.1. The van der Waals surface area contributed by atoms with Crippen LogP contribution < -0.4 is 0 Å². The van der Waals surface area contributed by atoms with Crippen LogP contribution in [0.3, 0.4) is 0 Å². The van der Waals surface area contributed by atoms with Crippen molar-refractivity contribution in [3.63, 3.8) is 0 Å². The molecular weight excluding hydrogens is 721 g/mol. The van der Waals surface area contributed by atoms with Crippen molar-refractivity contribution in [3.8, 4) is 0 Å². The Morgan fingerprint density at radius 3 is 1.18 bits per heavy atom. The van der Waals surface area contributed by atoms with Gasteiger partial charge in [0.1, 0.15) is 19.3 Å². The van der Waals surface area contributed by atoms with E-state index in [1.807, 2.05) is 21.1 Å². The molecular formula is C47H97NO7P+. The Morgan fingerprint density at radius 1 is 0.482 bits per heavy atom. The van der Waals surface area contributed by atoms with Crippen molar-refractivity contribution in [1.82, 2.24) is 0 Å². The Balaban J connectivity index is 3.93. The van der Waals surface area contributed by atoms with E-state index in [9.17, 15) is 14.3 Å². The summed E-state index contributed by atoms with van der Waals surface area (Å²) in [5, 5.41) is 0.